The first kappa shape index (κ1) is 9.79. The van der Waals surface area contributed by atoms with E-state index in [4.69, 9.17) is 5.73 Å². The van der Waals surface area contributed by atoms with Crippen LogP contribution in [0.4, 0.5) is 0 Å². The zero-order valence-corrected chi connectivity index (χ0v) is 8.18. The van der Waals surface area contributed by atoms with Crippen LogP contribution in [0.15, 0.2) is 11.6 Å². The molecule has 0 aromatic carbocycles. The molecule has 1 aliphatic carbocycles. The van der Waals surface area contributed by atoms with Gasteiger partial charge in [0.25, 0.3) is 0 Å². The van der Waals surface area contributed by atoms with Crippen molar-refractivity contribution in [1.82, 2.24) is 0 Å². The van der Waals surface area contributed by atoms with E-state index in [-0.39, 0.29) is 0 Å². The van der Waals surface area contributed by atoms with Crippen LogP contribution in [0.3, 0.4) is 0 Å². The SMILES string of the molecule is CC1CCCC(=CCCN)CC1. The molecule has 1 fully saturated rings. The first-order valence-electron chi connectivity index (χ1n) is 5.21. The van der Waals surface area contributed by atoms with E-state index in [1.165, 1.54) is 32.1 Å². The summed E-state index contributed by atoms with van der Waals surface area (Å²) in [4.78, 5) is 0. The zero-order valence-electron chi connectivity index (χ0n) is 8.18. The van der Waals surface area contributed by atoms with Crippen LogP contribution in [-0.4, -0.2) is 6.54 Å². The van der Waals surface area contributed by atoms with Crippen LogP contribution in [0.25, 0.3) is 0 Å². The summed E-state index contributed by atoms with van der Waals surface area (Å²) in [6.45, 7) is 3.17. The Hall–Kier alpha value is -0.300. The van der Waals surface area contributed by atoms with Crippen molar-refractivity contribution in [3.05, 3.63) is 11.6 Å². The minimum absolute atomic E-state index is 0.805. The molecule has 1 aliphatic rings. The largest absolute Gasteiger partial charge is 0.330 e. The molecule has 1 saturated carbocycles. The third-order valence-corrected chi connectivity index (χ3v) is 2.75. The molecule has 0 spiro atoms. The van der Waals surface area contributed by atoms with Gasteiger partial charge in [0.2, 0.25) is 0 Å². The average Bonchev–Trinajstić information content (AvgIpc) is 2.27. The lowest BCUT2D eigenvalue weighted by Crippen LogP contribution is -1.96. The zero-order chi connectivity index (χ0) is 8.81. The maximum absolute atomic E-state index is 5.47. The average molecular weight is 167 g/mol. The van der Waals surface area contributed by atoms with Gasteiger partial charge in [-0.3, -0.25) is 0 Å². The topological polar surface area (TPSA) is 26.0 Å². The Morgan fingerprint density at radius 3 is 3.00 bits per heavy atom. The molecule has 1 atom stereocenters. The van der Waals surface area contributed by atoms with Crippen LogP contribution in [0, 0.1) is 5.92 Å². The lowest BCUT2D eigenvalue weighted by molar-refractivity contribution is 0.507. The number of hydrogen-bond acceptors (Lipinski definition) is 1. The second-order valence-corrected chi connectivity index (χ2v) is 3.98. The predicted molar refractivity (Wildman–Crippen MR) is 54.0 cm³/mol. The Bertz CT molecular complexity index is 149. The summed E-state index contributed by atoms with van der Waals surface area (Å²) in [5.41, 5.74) is 7.12. The van der Waals surface area contributed by atoms with Gasteiger partial charge in [0.1, 0.15) is 0 Å². The number of rotatable bonds is 2. The predicted octanol–water partition coefficient (Wildman–Crippen LogP) is 2.86. The molecule has 0 aromatic heterocycles. The van der Waals surface area contributed by atoms with Gasteiger partial charge in [-0.1, -0.05) is 25.0 Å². The van der Waals surface area contributed by atoms with E-state index in [2.05, 4.69) is 13.0 Å². The lowest BCUT2D eigenvalue weighted by Gasteiger charge is -2.03. The Labute approximate surface area is 76.0 Å². The van der Waals surface area contributed by atoms with E-state index in [0.29, 0.717) is 0 Å². The van der Waals surface area contributed by atoms with Crippen molar-refractivity contribution in [1.29, 1.82) is 0 Å². The summed E-state index contributed by atoms with van der Waals surface area (Å²) in [5, 5.41) is 0. The molecule has 1 nitrogen and oxygen atoms in total. The van der Waals surface area contributed by atoms with Gasteiger partial charge < -0.3 is 5.73 Å². The molecule has 2 N–H and O–H groups in total. The maximum Gasteiger partial charge on any atom is -0.00425 e. The molecular weight excluding hydrogens is 146 g/mol. The second kappa shape index (κ2) is 5.36. The molecule has 0 saturated heterocycles. The third-order valence-electron chi connectivity index (χ3n) is 2.75. The van der Waals surface area contributed by atoms with Crippen molar-refractivity contribution < 1.29 is 0 Å². The Morgan fingerprint density at radius 2 is 2.25 bits per heavy atom. The maximum atomic E-state index is 5.47. The molecule has 12 heavy (non-hydrogen) atoms. The highest BCUT2D eigenvalue weighted by molar-refractivity contribution is 5.03. The standard InChI is InChI=1S/C11H21N/c1-10-4-2-5-11(8-7-10)6-3-9-12/h6,10H,2-5,7-9,12H2,1H3. The molecule has 0 amide bonds. The fraction of sp³-hybridized carbons (Fsp3) is 0.818. The highest BCUT2D eigenvalue weighted by Crippen LogP contribution is 2.26. The summed E-state index contributed by atoms with van der Waals surface area (Å²) in [7, 11) is 0. The molecule has 1 rings (SSSR count). The van der Waals surface area contributed by atoms with Crippen molar-refractivity contribution in [3.8, 4) is 0 Å². The molecule has 1 heteroatoms. The molecule has 0 bridgehead atoms. The summed E-state index contributed by atoms with van der Waals surface area (Å²) in [5.74, 6) is 0.939. The Kier molecular flexibility index (Phi) is 4.37. The van der Waals surface area contributed by atoms with Crippen molar-refractivity contribution >= 4 is 0 Å². The minimum atomic E-state index is 0.805. The monoisotopic (exact) mass is 167 g/mol. The molecule has 70 valence electrons. The molecule has 0 radical (unpaired) electrons. The van der Waals surface area contributed by atoms with Gasteiger partial charge in [-0.05, 0) is 44.6 Å². The molecule has 1 unspecified atom stereocenters. The summed E-state index contributed by atoms with van der Waals surface area (Å²) >= 11 is 0. The number of allylic oxidation sites excluding steroid dienone is 1. The van der Waals surface area contributed by atoms with Crippen molar-refractivity contribution in [2.24, 2.45) is 11.7 Å². The smallest absolute Gasteiger partial charge is 0.00425 e. The normalized spacial score (nSPS) is 28.8. The highest BCUT2D eigenvalue weighted by atomic mass is 14.5. The van der Waals surface area contributed by atoms with Crippen LogP contribution >= 0.6 is 0 Å². The third kappa shape index (κ3) is 3.40. The Balaban J connectivity index is 2.35. The van der Waals surface area contributed by atoms with Crippen molar-refractivity contribution in [2.75, 3.05) is 6.54 Å². The summed E-state index contributed by atoms with van der Waals surface area (Å²) in [6, 6.07) is 0. The second-order valence-electron chi connectivity index (χ2n) is 3.98. The van der Waals surface area contributed by atoms with E-state index < -0.39 is 0 Å². The number of hydrogen-bond donors (Lipinski definition) is 1. The lowest BCUT2D eigenvalue weighted by atomic mass is 10.0. The van der Waals surface area contributed by atoms with Gasteiger partial charge in [0, 0.05) is 0 Å². The Morgan fingerprint density at radius 1 is 1.42 bits per heavy atom. The summed E-state index contributed by atoms with van der Waals surface area (Å²) in [6.07, 6.45) is 10.3. The molecule has 0 heterocycles. The van der Waals surface area contributed by atoms with Crippen LogP contribution in [0.5, 0.6) is 0 Å². The van der Waals surface area contributed by atoms with Crippen LogP contribution in [-0.2, 0) is 0 Å². The van der Waals surface area contributed by atoms with Gasteiger partial charge in [0.05, 0.1) is 0 Å². The van der Waals surface area contributed by atoms with Crippen LogP contribution in [0.2, 0.25) is 0 Å². The van der Waals surface area contributed by atoms with Gasteiger partial charge in [0.15, 0.2) is 0 Å². The van der Waals surface area contributed by atoms with E-state index in [1.807, 2.05) is 0 Å². The van der Waals surface area contributed by atoms with E-state index in [1.54, 1.807) is 5.57 Å². The highest BCUT2D eigenvalue weighted by Gasteiger charge is 2.09. The molecule has 0 aromatic rings. The van der Waals surface area contributed by atoms with Crippen LogP contribution in [0.1, 0.15) is 45.4 Å². The fourth-order valence-electron chi connectivity index (χ4n) is 1.87. The number of nitrogens with two attached hydrogens (primary N) is 1. The van der Waals surface area contributed by atoms with Gasteiger partial charge >= 0.3 is 0 Å². The van der Waals surface area contributed by atoms with Crippen LogP contribution < -0.4 is 5.73 Å². The first-order valence-corrected chi connectivity index (χ1v) is 5.21. The molecule has 0 aliphatic heterocycles. The summed E-state index contributed by atoms with van der Waals surface area (Å²) < 4.78 is 0. The van der Waals surface area contributed by atoms with Gasteiger partial charge in [-0.25, -0.2) is 0 Å². The van der Waals surface area contributed by atoms with E-state index >= 15 is 0 Å². The van der Waals surface area contributed by atoms with E-state index in [0.717, 1.165) is 18.9 Å². The van der Waals surface area contributed by atoms with Gasteiger partial charge in [-0.2, -0.15) is 0 Å². The molecular formula is C11H21N. The van der Waals surface area contributed by atoms with Crippen molar-refractivity contribution in [2.45, 2.75) is 45.4 Å². The van der Waals surface area contributed by atoms with E-state index in [9.17, 15) is 0 Å². The van der Waals surface area contributed by atoms with Gasteiger partial charge in [-0.15, -0.1) is 0 Å². The fourth-order valence-corrected chi connectivity index (χ4v) is 1.87. The minimum Gasteiger partial charge on any atom is -0.330 e. The quantitative estimate of drug-likeness (QED) is 0.496. The first-order chi connectivity index (χ1) is 5.83. The van der Waals surface area contributed by atoms with Crippen molar-refractivity contribution in [3.63, 3.8) is 0 Å².